The molecule has 84 valence electrons. The predicted molar refractivity (Wildman–Crippen MR) is 59.7 cm³/mol. The van der Waals surface area contributed by atoms with E-state index in [1.807, 2.05) is 20.8 Å². The Balaban J connectivity index is 2.69. The van der Waals surface area contributed by atoms with Gasteiger partial charge in [0.15, 0.2) is 0 Å². The van der Waals surface area contributed by atoms with E-state index in [0.29, 0.717) is 5.56 Å². The molecule has 5 heteroatoms. The highest BCUT2D eigenvalue weighted by Gasteiger charge is 2.23. The number of nitrogens with zero attached hydrogens (tertiary/aromatic N) is 2. The molecule has 0 spiro atoms. The summed E-state index contributed by atoms with van der Waals surface area (Å²) in [6.07, 6.45) is 3.33. The van der Waals surface area contributed by atoms with Gasteiger partial charge in [0.05, 0.1) is 6.20 Å². The number of halogens is 1. The van der Waals surface area contributed by atoms with Gasteiger partial charge in [-0.2, -0.15) is 5.10 Å². The molecule has 1 aromatic heterocycles. The maximum atomic E-state index is 11.7. The zero-order chi connectivity index (χ0) is 11.6. The molecule has 0 aromatic carbocycles. The second kappa shape index (κ2) is 4.23. The van der Waals surface area contributed by atoms with Gasteiger partial charge in [-0.05, 0) is 20.8 Å². The third-order valence-corrected chi connectivity index (χ3v) is 2.20. The predicted octanol–water partition coefficient (Wildman–Crippen LogP) is 1.61. The fourth-order valence-electron chi connectivity index (χ4n) is 1.16. The van der Waals surface area contributed by atoms with Gasteiger partial charge in [0, 0.05) is 24.3 Å². The van der Waals surface area contributed by atoms with Gasteiger partial charge in [-0.25, -0.2) is 0 Å². The summed E-state index contributed by atoms with van der Waals surface area (Å²) in [6, 6.07) is 0. The molecule has 0 aliphatic rings. The van der Waals surface area contributed by atoms with Crippen molar-refractivity contribution in [2.75, 3.05) is 0 Å². The first-order valence-electron chi connectivity index (χ1n) is 4.74. The van der Waals surface area contributed by atoms with E-state index in [0.717, 1.165) is 0 Å². The highest BCUT2D eigenvalue weighted by molar-refractivity contribution is 6.30. The van der Waals surface area contributed by atoms with Crippen LogP contribution in [-0.4, -0.2) is 21.2 Å². The summed E-state index contributed by atoms with van der Waals surface area (Å²) in [7, 11) is 1.79. The number of hydrogen-bond donors (Lipinski definition) is 1. The van der Waals surface area contributed by atoms with Crippen LogP contribution in [0.1, 0.15) is 31.7 Å². The van der Waals surface area contributed by atoms with E-state index >= 15 is 0 Å². The molecular formula is C10H16ClN3O. The molecule has 0 aliphatic heterocycles. The molecule has 1 rings (SSSR count). The lowest BCUT2D eigenvalue weighted by molar-refractivity contribution is -0.122. The van der Waals surface area contributed by atoms with Crippen molar-refractivity contribution in [3.8, 4) is 0 Å². The first-order chi connectivity index (χ1) is 6.79. The van der Waals surface area contributed by atoms with Crippen molar-refractivity contribution >= 4 is 17.5 Å². The molecule has 0 bridgehead atoms. The third kappa shape index (κ3) is 3.55. The van der Waals surface area contributed by atoms with E-state index < -0.39 is 5.38 Å². The molecule has 0 saturated heterocycles. The van der Waals surface area contributed by atoms with Gasteiger partial charge in [0.1, 0.15) is 5.38 Å². The molecule has 15 heavy (non-hydrogen) atoms. The lowest BCUT2D eigenvalue weighted by Crippen LogP contribution is -2.42. The Hall–Kier alpha value is -1.03. The second-order valence-electron chi connectivity index (χ2n) is 4.55. The van der Waals surface area contributed by atoms with Crippen molar-refractivity contribution in [1.82, 2.24) is 15.1 Å². The van der Waals surface area contributed by atoms with Crippen LogP contribution in [0.4, 0.5) is 0 Å². The topological polar surface area (TPSA) is 46.9 Å². The van der Waals surface area contributed by atoms with Crippen molar-refractivity contribution in [2.24, 2.45) is 7.05 Å². The van der Waals surface area contributed by atoms with Gasteiger partial charge < -0.3 is 5.32 Å². The number of rotatable bonds is 2. The van der Waals surface area contributed by atoms with Gasteiger partial charge >= 0.3 is 0 Å². The summed E-state index contributed by atoms with van der Waals surface area (Å²) < 4.78 is 1.62. The molecule has 1 aromatic rings. The third-order valence-electron chi connectivity index (χ3n) is 1.75. The lowest BCUT2D eigenvalue weighted by Gasteiger charge is -2.22. The lowest BCUT2D eigenvalue weighted by atomic mass is 10.1. The van der Waals surface area contributed by atoms with E-state index in [1.165, 1.54) is 0 Å². The molecule has 1 unspecified atom stereocenters. The minimum Gasteiger partial charge on any atom is -0.350 e. The first-order valence-corrected chi connectivity index (χ1v) is 5.18. The van der Waals surface area contributed by atoms with Crippen LogP contribution in [0.25, 0.3) is 0 Å². The summed E-state index contributed by atoms with van der Waals surface area (Å²) in [5.41, 5.74) is 0.438. The minimum atomic E-state index is -0.682. The van der Waals surface area contributed by atoms with Crippen molar-refractivity contribution < 1.29 is 4.79 Å². The van der Waals surface area contributed by atoms with Crippen molar-refractivity contribution in [2.45, 2.75) is 31.7 Å². The summed E-state index contributed by atoms with van der Waals surface area (Å²) in [5, 5.41) is 6.11. The van der Waals surface area contributed by atoms with Gasteiger partial charge in [0.25, 0.3) is 0 Å². The smallest absolute Gasteiger partial charge is 0.243 e. The van der Waals surface area contributed by atoms with Crippen LogP contribution in [-0.2, 0) is 11.8 Å². The number of aryl methyl sites for hydroxylation is 1. The fourth-order valence-corrected chi connectivity index (χ4v) is 1.32. The zero-order valence-corrected chi connectivity index (χ0v) is 10.2. The van der Waals surface area contributed by atoms with Crippen LogP contribution in [0.3, 0.4) is 0 Å². The Morgan fingerprint density at radius 3 is 2.60 bits per heavy atom. The SMILES string of the molecule is Cn1cc(C(Cl)C(=O)NC(C)(C)C)cn1. The Bertz CT molecular complexity index is 354. The molecular weight excluding hydrogens is 214 g/mol. The first kappa shape index (κ1) is 12.0. The van der Waals surface area contributed by atoms with Crippen molar-refractivity contribution in [3.63, 3.8) is 0 Å². The molecule has 0 fully saturated rings. The number of aromatic nitrogens is 2. The Kier molecular flexibility index (Phi) is 3.39. The number of carbonyl (C=O) groups is 1. The van der Waals surface area contributed by atoms with Gasteiger partial charge in [0.2, 0.25) is 5.91 Å². The Morgan fingerprint density at radius 1 is 1.60 bits per heavy atom. The monoisotopic (exact) mass is 229 g/mol. The molecule has 1 N–H and O–H groups in total. The van der Waals surface area contributed by atoms with Crippen LogP contribution in [0.15, 0.2) is 12.4 Å². The molecule has 1 amide bonds. The fraction of sp³-hybridized carbons (Fsp3) is 0.600. The maximum absolute atomic E-state index is 11.7. The summed E-state index contributed by atoms with van der Waals surface area (Å²) in [6.45, 7) is 5.74. The van der Waals surface area contributed by atoms with E-state index in [4.69, 9.17) is 11.6 Å². The molecule has 1 atom stereocenters. The van der Waals surface area contributed by atoms with E-state index in [2.05, 4.69) is 10.4 Å². The Morgan fingerprint density at radius 2 is 2.20 bits per heavy atom. The highest BCUT2D eigenvalue weighted by Crippen LogP contribution is 2.20. The van der Waals surface area contributed by atoms with Crippen LogP contribution in [0.2, 0.25) is 0 Å². The molecule has 1 heterocycles. The number of alkyl halides is 1. The molecule has 4 nitrogen and oxygen atoms in total. The molecule has 0 saturated carbocycles. The number of carbonyl (C=O) groups excluding carboxylic acids is 1. The van der Waals surface area contributed by atoms with E-state index in [1.54, 1.807) is 24.1 Å². The minimum absolute atomic E-state index is 0.197. The average Bonchev–Trinajstić information content (AvgIpc) is 2.47. The molecule has 0 aliphatic carbocycles. The highest BCUT2D eigenvalue weighted by atomic mass is 35.5. The Labute approximate surface area is 94.6 Å². The zero-order valence-electron chi connectivity index (χ0n) is 9.41. The summed E-state index contributed by atoms with van der Waals surface area (Å²) in [4.78, 5) is 11.7. The number of amides is 1. The summed E-state index contributed by atoms with van der Waals surface area (Å²) in [5.74, 6) is -0.197. The van der Waals surface area contributed by atoms with E-state index in [9.17, 15) is 4.79 Å². The molecule has 0 radical (unpaired) electrons. The standard InChI is InChI=1S/C10H16ClN3O/c1-10(2,3)13-9(15)8(11)7-5-12-14(4)6-7/h5-6,8H,1-4H3,(H,13,15). The number of nitrogens with one attached hydrogen (secondary N) is 1. The van der Waals surface area contributed by atoms with E-state index in [-0.39, 0.29) is 11.4 Å². The maximum Gasteiger partial charge on any atom is 0.243 e. The summed E-state index contributed by atoms with van der Waals surface area (Å²) >= 11 is 6.01. The van der Waals surface area contributed by atoms with Crippen LogP contribution >= 0.6 is 11.6 Å². The van der Waals surface area contributed by atoms with Crippen molar-refractivity contribution in [3.05, 3.63) is 18.0 Å². The van der Waals surface area contributed by atoms with Crippen LogP contribution in [0.5, 0.6) is 0 Å². The van der Waals surface area contributed by atoms with Gasteiger partial charge in [-0.15, -0.1) is 11.6 Å². The largest absolute Gasteiger partial charge is 0.350 e. The van der Waals surface area contributed by atoms with Gasteiger partial charge in [-0.3, -0.25) is 9.48 Å². The average molecular weight is 230 g/mol. The second-order valence-corrected chi connectivity index (χ2v) is 4.99. The van der Waals surface area contributed by atoms with Crippen LogP contribution < -0.4 is 5.32 Å². The number of hydrogen-bond acceptors (Lipinski definition) is 2. The van der Waals surface area contributed by atoms with Crippen LogP contribution in [0, 0.1) is 0 Å². The van der Waals surface area contributed by atoms with Gasteiger partial charge in [-0.1, -0.05) is 0 Å². The quantitative estimate of drug-likeness (QED) is 0.784. The normalized spacial score (nSPS) is 13.7. The van der Waals surface area contributed by atoms with Crippen molar-refractivity contribution in [1.29, 1.82) is 0 Å².